The average molecular weight is 398 g/mol. The minimum atomic E-state index is 0.244. The van der Waals surface area contributed by atoms with Gasteiger partial charge in [-0.05, 0) is 50.9 Å². The molecule has 2 aromatic rings. The minimum Gasteiger partial charge on any atom is -0.356 e. The third-order valence-electron chi connectivity index (χ3n) is 6.34. The predicted molar refractivity (Wildman–Crippen MR) is 112 cm³/mol. The molecule has 2 atom stereocenters. The van der Waals surface area contributed by atoms with Crippen molar-refractivity contribution < 1.29 is 9.32 Å². The molecule has 2 heterocycles. The molecule has 0 bridgehead atoms. The number of hydrogen-bond acceptors (Lipinski definition) is 6. The molecule has 0 aliphatic heterocycles. The van der Waals surface area contributed by atoms with Crippen molar-refractivity contribution in [1.82, 2.24) is 20.4 Å². The zero-order valence-electron chi connectivity index (χ0n) is 17.8. The van der Waals surface area contributed by atoms with Gasteiger partial charge in [0.05, 0.1) is 17.0 Å². The van der Waals surface area contributed by atoms with Gasteiger partial charge in [0, 0.05) is 44.7 Å². The zero-order chi connectivity index (χ0) is 20.5. The molecule has 0 saturated heterocycles. The summed E-state index contributed by atoms with van der Waals surface area (Å²) in [4.78, 5) is 23.4. The number of rotatable bonds is 6. The van der Waals surface area contributed by atoms with Crippen molar-refractivity contribution in [2.45, 2.75) is 51.9 Å². The van der Waals surface area contributed by atoms with E-state index < -0.39 is 0 Å². The van der Waals surface area contributed by atoms with Crippen LogP contribution in [0.2, 0.25) is 0 Å². The smallest absolute Gasteiger partial charge is 0.225 e. The largest absolute Gasteiger partial charge is 0.356 e. The van der Waals surface area contributed by atoms with Crippen LogP contribution in [0.5, 0.6) is 0 Å². The molecule has 7 heteroatoms. The first kappa shape index (κ1) is 19.9. The normalized spacial score (nSPS) is 26.2. The van der Waals surface area contributed by atoms with Crippen molar-refractivity contribution in [3.63, 3.8) is 0 Å². The Hall–Kier alpha value is -2.44. The lowest BCUT2D eigenvalue weighted by molar-refractivity contribution is -0.122. The highest BCUT2D eigenvalue weighted by molar-refractivity contribution is 5.81. The van der Waals surface area contributed by atoms with Crippen LogP contribution in [0.25, 0.3) is 11.3 Å². The number of aromatic nitrogens is 3. The van der Waals surface area contributed by atoms with Gasteiger partial charge in [-0.1, -0.05) is 12.1 Å². The Morgan fingerprint density at radius 1 is 1.28 bits per heavy atom. The SMILES string of the molecule is Cc1cc(-c2cnc(N(C)C)nc2C2CCC(CNC(=O)[C@H]3C[C@H]3C)CC2)on1. The maximum absolute atomic E-state index is 12.1. The molecular weight excluding hydrogens is 366 g/mol. The van der Waals surface area contributed by atoms with E-state index >= 15 is 0 Å². The van der Waals surface area contributed by atoms with Crippen LogP contribution in [0.3, 0.4) is 0 Å². The van der Waals surface area contributed by atoms with Crippen LogP contribution in [-0.2, 0) is 4.79 Å². The standard InChI is InChI=1S/C22H31N5O2/c1-13-9-17(13)21(28)23-11-15-5-7-16(8-6-15)20-18(19-10-14(2)26-29-19)12-24-22(25-20)27(3)4/h10,12-13,15-17H,5-9,11H2,1-4H3,(H,23,28)/t13-,15?,16?,17+/m1/s1. The molecule has 4 rings (SSSR count). The van der Waals surface area contributed by atoms with Gasteiger partial charge in [0.1, 0.15) is 0 Å². The van der Waals surface area contributed by atoms with E-state index in [0.717, 1.165) is 61.4 Å². The van der Waals surface area contributed by atoms with Crippen molar-refractivity contribution in [3.8, 4) is 11.3 Å². The molecule has 0 spiro atoms. The highest BCUT2D eigenvalue weighted by Gasteiger charge is 2.39. The first-order valence-electron chi connectivity index (χ1n) is 10.7. The van der Waals surface area contributed by atoms with E-state index in [2.05, 4.69) is 22.4 Å². The van der Waals surface area contributed by atoms with E-state index in [1.54, 1.807) is 0 Å². The summed E-state index contributed by atoms with van der Waals surface area (Å²) in [6.45, 7) is 4.87. The van der Waals surface area contributed by atoms with E-state index in [1.807, 2.05) is 38.2 Å². The number of aryl methyl sites for hydroxylation is 1. The lowest BCUT2D eigenvalue weighted by atomic mass is 9.79. The molecule has 2 aliphatic rings. The molecule has 0 aromatic carbocycles. The van der Waals surface area contributed by atoms with Crippen molar-refractivity contribution in [2.75, 3.05) is 25.5 Å². The van der Waals surface area contributed by atoms with Gasteiger partial charge in [0.2, 0.25) is 11.9 Å². The molecule has 7 nitrogen and oxygen atoms in total. The summed E-state index contributed by atoms with van der Waals surface area (Å²) in [6, 6.07) is 1.94. The Morgan fingerprint density at radius 2 is 2.00 bits per heavy atom. The van der Waals surface area contributed by atoms with Crippen molar-refractivity contribution in [3.05, 3.63) is 23.7 Å². The van der Waals surface area contributed by atoms with Gasteiger partial charge in [-0.3, -0.25) is 4.79 Å². The zero-order valence-corrected chi connectivity index (χ0v) is 17.8. The Balaban J connectivity index is 1.44. The van der Waals surface area contributed by atoms with Gasteiger partial charge in [0.25, 0.3) is 0 Å². The lowest BCUT2D eigenvalue weighted by Crippen LogP contribution is -2.32. The molecule has 0 radical (unpaired) electrons. The molecule has 2 aromatic heterocycles. The Morgan fingerprint density at radius 3 is 2.59 bits per heavy atom. The van der Waals surface area contributed by atoms with Gasteiger partial charge >= 0.3 is 0 Å². The number of nitrogens with zero attached hydrogens (tertiary/aromatic N) is 4. The molecule has 1 amide bonds. The number of carbonyl (C=O) groups is 1. The van der Waals surface area contributed by atoms with Gasteiger partial charge in [0.15, 0.2) is 5.76 Å². The summed E-state index contributed by atoms with van der Waals surface area (Å²) in [5.74, 6) is 3.43. The summed E-state index contributed by atoms with van der Waals surface area (Å²) in [5, 5.41) is 7.20. The summed E-state index contributed by atoms with van der Waals surface area (Å²) < 4.78 is 5.51. The first-order chi connectivity index (χ1) is 13.9. The van der Waals surface area contributed by atoms with Crippen molar-refractivity contribution >= 4 is 11.9 Å². The lowest BCUT2D eigenvalue weighted by Gasteiger charge is -2.29. The number of carbonyl (C=O) groups excluding carboxylic acids is 1. The first-order valence-corrected chi connectivity index (χ1v) is 10.7. The van der Waals surface area contributed by atoms with E-state index in [4.69, 9.17) is 9.51 Å². The number of amides is 1. The second kappa shape index (κ2) is 8.13. The quantitative estimate of drug-likeness (QED) is 0.802. The second-order valence-corrected chi connectivity index (χ2v) is 8.98. The van der Waals surface area contributed by atoms with Crippen LogP contribution < -0.4 is 10.2 Å². The molecule has 29 heavy (non-hydrogen) atoms. The second-order valence-electron chi connectivity index (χ2n) is 8.98. The van der Waals surface area contributed by atoms with E-state index in [-0.39, 0.29) is 11.8 Å². The minimum absolute atomic E-state index is 0.244. The van der Waals surface area contributed by atoms with Crippen LogP contribution in [0.15, 0.2) is 16.8 Å². The maximum atomic E-state index is 12.1. The topological polar surface area (TPSA) is 84.2 Å². The van der Waals surface area contributed by atoms with Gasteiger partial charge in [-0.15, -0.1) is 0 Å². The molecule has 1 N–H and O–H groups in total. The summed E-state index contributed by atoms with van der Waals surface area (Å²) in [5.41, 5.74) is 2.84. The van der Waals surface area contributed by atoms with Gasteiger partial charge in [-0.25, -0.2) is 9.97 Å². The van der Waals surface area contributed by atoms with Crippen LogP contribution in [0.1, 0.15) is 56.3 Å². The summed E-state index contributed by atoms with van der Waals surface area (Å²) in [6.07, 6.45) is 7.22. The third kappa shape index (κ3) is 4.43. The van der Waals surface area contributed by atoms with Gasteiger partial charge in [-0.2, -0.15) is 0 Å². The molecule has 2 fully saturated rings. The van der Waals surface area contributed by atoms with Crippen molar-refractivity contribution in [1.29, 1.82) is 0 Å². The monoisotopic (exact) mass is 397 g/mol. The fourth-order valence-electron chi connectivity index (χ4n) is 4.30. The molecule has 2 saturated carbocycles. The Bertz CT molecular complexity index is 870. The molecule has 2 aliphatic carbocycles. The average Bonchev–Trinajstić information content (AvgIpc) is 3.30. The highest BCUT2D eigenvalue weighted by Crippen LogP contribution is 2.40. The number of nitrogens with one attached hydrogen (secondary N) is 1. The molecule has 156 valence electrons. The van der Waals surface area contributed by atoms with Crippen LogP contribution in [0.4, 0.5) is 5.95 Å². The van der Waals surface area contributed by atoms with E-state index in [9.17, 15) is 4.79 Å². The van der Waals surface area contributed by atoms with Crippen LogP contribution in [-0.4, -0.2) is 41.7 Å². The van der Waals surface area contributed by atoms with E-state index in [1.165, 1.54) is 0 Å². The van der Waals surface area contributed by atoms with Crippen LogP contribution in [0, 0.1) is 24.7 Å². The number of anilines is 1. The highest BCUT2D eigenvalue weighted by atomic mass is 16.5. The Labute approximate surface area is 172 Å². The fourth-order valence-corrected chi connectivity index (χ4v) is 4.30. The number of hydrogen-bond donors (Lipinski definition) is 1. The van der Waals surface area contributed by atoms with Gasteiger partial charge < -0.3 is 14.7 Å². The summed E-state index contributed by atoms with van der Waals surface area (Å²) in [7, 11) is 3.91. The molecule has 0 unspecified atom stereocenters. The van der Waals surface area contributed by atoms with E-state index in [0.29, 0.717) is 23.7 Å². The predicted octanol–water partition coefficient (Wildman–Crippen LogP) is 3.55. The Kier molecular flexibility index (Phi) is 5.56. The van der Waals surface area contributed by atoms with Crippen molar-refractivity contribution in [2.24, 2.45) is 17.8 Å². The fraction of sp³-hybridized carbons (Fsp3) is 0.636. The third-order valence-corrected chi connectivity index (χ3v) is 6.34. The maximum Gasteiger partial charge on any atom is 0.225 e. The molecular formula is C22H31N5O2. The van der Waals surface area contributed by atoms with Crippen LogP contribution >= 0.6 is 0 Å². The summed E-state index contributed by atoms with van der Waals surface area (Å²) >= 11 is 0.